The molecule has 0 atom stereocenters. The Bertz CT molecular complexity index is 1110. The molecule has 2 N–H and O–H groups in total. The van der Waals surface area contributed by atoms with Crippen LogP contribution in [0.25, 0.3) is 0 Å². The van der Waals surface area contributed by atoms with E-state index in [1.54, 1.807) is 26.1 Å². The highest BCUT2D eigenvalue weighted by Crippen LogP contribution is 2.24. The molecule has 0 amide bonds. The van der Waals surface area contributed by atoms with Crippen molar-refractivity contribution in [1.29, 1.82) is 0 Å². The molecular weight excluding hydrogens is 425 g/mol. The molecule has 0 bridgehead atoms. The fourth-order valence-corrected chi connectivity index (χ4v) is 2.83. The van der Waals surface area contributed by atoms with Gasteiger partial charge in [-0.3, -0.25) is 4.79 Å². The topological polar surface area (TPSA) is 83.0 Å². The number of aromatic nitrogens is 3. The average molecular weight is 443 g/mol. The third-order valence-electron chi connectivity index (χ3n) is 4.16. The lowest BCUT2D eigenvalue weighted by Crippen LogP contribution is -2.24. The van der Waals surface area contributed by atoms with Crippen molar-refractivity contribution >= 4 is 29.8 Å². The first-order valence-electron chi connectivity index (χ1n) is 8.31. The molecule has 1 aromatic carbocycles. The second-order valence-electron chi connectivity index (χ2n) is 6.21. The van der Waals surface area contributed by atoms with E-state index in [0.717, 1.165) is 12.1 Å². The average Bonchev–Trinajstić information content (AvgIpc) is 2.63. The first kappa shape index (κ1) is 22.6. The van der Waals surface area contributed by atoms with Gasteiger partial charge in [-0.25, -0.2) is 18.7 Å². The molecule has 0 fully saturated rings. The van der Waals surface area contributed by atoms with E-state index < -0.39 is 17.2 Å². The van der Waals surface area contributed by atoms with Crippen molar-refractivity contribution in [1.82, 2.24) is 14.5 Å². The van der Waals surface area contributed by atoms with Crippen LogP contribution in [0.4, 0.5) is 14.6 Å². The molecule has 0 aliphatic carbocycles. The monoisotopic (exact) mass is 442 g/mol. The number of pyridine rings is 1. The lowest BCUT2D eigenvalue weighted by Gasteiger charge is -2.15. The number of rotatable bonds is 5. The molecule has 2 aromatic heterocycles. The van der Waals surface area contributed by atoms with E-state index in [-0.39, 0.29) is 47.7 Å². The van der Waals surface area contributed by atoms with Crippen molar-refractivity contribution in [2.45, 2.75) is 27.0 Å². The first-order valence-corrected chi connectivity index (χ1v) is 8.68. The second kappa shape index (κ2) is 9.19. The van der Waals surface area contributed by atoms with E-state index >= 15 is 0 Å². The molecule has 2 heterocycles. The third kappa shape index (κ3) is 5.02. The molecule has 3 aromatic rings. The Morgan fingerprint density at radius 2 is 1.93 bits per heavy atom. The van der Waals surface area contributed by atoms with Crippen molar-refractivity contribution in [3.05, 3.63) is 80.1 Å². The summed E-state index contributed by atoms with van der Waals surface area (Å²) in [4.78, 5) is 20.8. The summed E-state index contributed by atoms with van der Waals surface area (Å²) >= 11 is 6.16. The number of anilines is 1. The molecule has 29 heavy (non-hydrogen) atoms. The number of nitrogen functional groups attached to an aromatic ring is 1. The van der Waals surface area contributed by atoms with Gasteiger partial charge in [-0.15, -0.1) is 12.4 Å². The molecular formula is C19H18Cl2F2N4O2. The van der Waals surface area contributed by atoms with Crippen LogP contribution in [0.5, 0.6) is 5.75 Å². The van der Waals surface area contributed by atoms with E-state index in [1.807, 2.05) is 0 Å². The number of hydrogen-bond acceptors (Lipinski definition) is 5. The zero-order valence-corrected chi connectivity index (χ0v) is 17.2. The molecule has 3 rings (SSSR count). The highest BCUT2D eigenvalue weighted by Gasteiger charge is 2.15. The Hall–Kier alpha value is -2.71. The number of nitrogens with two attached hydrogens (primary N) is 1. The van der Waals surface area contributed by atoms with Crippen molar-refractivity contribution in [2.75, 3.05) is 5.73 Å². The summed E-state index contributed by atoms with van der Waals surface area (Å²) in [5, 5.41) is -0.153. The van der Waals surface area contributed by atoms with Gasteiger partial charge in [0.2, 0.25) is 0 Å². The van der Waals surface area contributed by atoms with Crippen molar-refractivity contribution in [2.24, 2.45) is 0 Å². The van der Waals surface area contributed by atoms with Gasteiger partial charge in [0.05, 0.1) is 6.54 Å². The Kier molecular flexibility index (Phi) is 7.16. The third-order valence-corrected chi connectivity index (χ3v) is 4.51. The number of nitrogens with zero attached hydrogens (tertiary/aromatic N) is 3. The van der Waals surface area contributed by atoms with Gasteiger partial charge in [0, 0.05) is 35.2 Å². The van der Waals surface area contributed by atoms with Crippen molar-refractivity contribution in [3.8, 4) is 5.75 Å². The number of aryl methyl sites for hydroxylation is 2. The van der Waals surface area contributed by atoms with Gasteiger partial charge in [-0.2, -0.15) is 0 Å². The van der Waals surface area contributed by atoms with E-state index in [2.05, 4.69) is 9.97 Å². The molecule has 6 nitrogen and oxygen atoms in total. The van der Waals surface area contributed by atoms with Crippen LogP contribution in [0.3, 0.4) is 0 Å². The maximum absolute atomic E-state index is 13.7. The van der Waals surface area contributed by atoms with Crippen LogP contribution in [0.2, 0.25) is 5.02 Å². The van der Waals surface area contributed by atoms with Gasteiger partial charge in [-0.1, -0.05) is 11.6 Å². The molecule has 0 saturated heterocycles. The zero-order chi connectivity index (χ0) is 20.4. The maximum Gasteiger partial charge on any atom is 0.273 e. The maximum atomic E-state index is 13.7. The fourth-order valence-electron chi connectivity index (χ4n) is 2.62. The van der Waals surface area contributed by atoms with Crippen molar-refractivity contribution < 1.29 is 13.5 Å². The number of halogens is 4. The quantitative estimate of drug-likeness (QED) is 0.649. The largest absolute Gasteiger partial charge is 0.487 e. The van der Waals surface area contributed by atoms with E-state index in [9.17, 15) is 13.6 Å². The normalized spacial score (nSPS) is 10.5. The van der Waals surface area contributed by atoms with Crippen LogP contribution in [0.15, 0.2) is 35.3 Å². The standard InChI is InChI=1S/C19H17ClF2N4O2.ClH/c1-10-5-16(28-9-12-3-4-14(21)6-15(12)22)17(20)19(27)26(10)8-13-7-24-11(2)25-18(13)23;/h3-7H,8-9H2,1-2H3,(H2,23,24,25);1H. The van der Waals surface area contributed by atoms with Gasteiger partial charge in [0.1, 0.15) is 40.7 Å². The van der Waals surface area contributed by atoms with E-state index in [1.165, 1.54) is 10.6 Å². The predicted octanol–water partition coefficient (Wildman–Crippen LogP) is 3.82. The minimum atomic E-state index is -0.740. The van der Waals surface area contributed by atoms with Crippen LogP contribution in [0, 0.1) is 25.5 Å². The molecule has 0 spiro atoms. The summed E-state index contributed by atoms with van der Waals surface area (Å²) in [6.07, 6.45) is 1.55. The lowest BCUT2D eigenvalue weighted by atomic mass is 10.2. The molecule has 0 unspecified atom stereocenters. The molecule has 0 aliphatic rings. The van der Waals surface area contributed by atoms with E-state index in [0.29, 0.717) is 17.1 Å². The first-order chi connectivity index (χ1) is 13.3. The summed E-state index contributed by atoms with van der Waals surface area (Å²) in [6.45, 7) is 3.36. The highest BCUT2D eigenvalue weighted by molar-refractivity contribution is 6.31. The molecule has 0 saturated carbocycles. The molecule has 0 radical (unpaired) electrons. The number of ether oxygens (including phenoxy) is 1. The summed E-state index contributed by atoms with van der Waals surface area (Å²) in [5.74, 6) is -0.507. The Balaban J connectivity index is 0.00000300. The van der Waals surface area contributed by atoms with Gasteiger partial charge in [-0.05, 0) is 26.0 Å². The lowest BCUT2D eigenvalue weighted by molar-refractivity contribution is 0.298. The van der Waals surface area contributed by atoms with Crippen LogP contribution in [-0.2, 0) is 13.2 Å². The summed E-state index contributed by atoms with van der Waals surface area (Å²) in [6, 6.07) is 4.72. The number of benzene rings is 1. The van der Waals surface area contributed by atoms with Crippen LogP contribution >= 0.6 is 24.0 Å². The predicted molar refractivity (Wildman–Crippen MR) is 109 cm³/mol. The molecule has 0 aliphatic heterocycles. The summed E-state index contributed by atoms with van der Waals surface area (Å²) in [7, 11) is 0. The minimum absolute atomic E-state index is 0. The smallest absolute Gasteiger partial charge is 0.273 e. The Labute approximate surface area is 176 Å². The SMILES string of the molecule is Cc1ncc(Cn2c(C)cc(OCc3ccc(F)cc3F)c(Cl)c2=O)c(N)n1.Cl. The summed E-state index contributed by atoms with van der Waals surface area (Å²) in [5.41, 5.74) is 6.68. The van der Waals surface area contributed by atoms with Crippen LogP contribution < -0.4 is 16.0 Å². The van der Waals surface area contributed by atoms with E-state index in [4.69, 9.17) is 22.1 Å². The zero-order valence-electron chi connectivity index (χ0n) is 15.6. The van der Waals surface area contributed by atoms with Crippen molar-refractivity contribution in [3.63, 3.8) is 0 Å². The highest BCUT2D eigenvalue weighted by atomic mass is 35.5. The Morgan fingerprint density at radius 1 is 1.21 bits per heavy atom. The fraction of sp³-hybridized carbons (Fsp3) is 0.211. The van der Waals surface area contributed by atoms with Crippen LogP contribution in [0.1, 0.15) is 22.6 Å². The molecule has 154 valence electrons. The summed E-state index contributed by atoms with van der Waals surface area (Å²) < 4.78 is 33.6. The van der Waals surface area contributed by atoms with Crippen LogP contribution in [-0.4, -0.2) is 14.5 Å². The minimum Gasteiger partial charge on any atom is -0.487 e. The number of hydrogen-bond donors (Lipinski definition) is 1. The van der Waals surface area contributed by atoms with Gasteiger partial charge in [0.25, 0.3) is 5.56 Å². The second-order valence-corrected chi connectivity index (χ2v) is 6.59. The van der Waals surface area contributed by atoms with Gasteiger partial charge in [0.15, 0.2) is 0 Å². The Morgan fingerprint density at radius 3 is 2.59 bits per heavy atom. The van der Waals surface area contributed by atoms with Gasteiger partial charge < -0.3 is 15.0 Å². The van der Waals surface area contributed by atoms with Gasteiger partial charge >= 0.3 is 0 Å². The molecule has 10 heteroatoms.